The van der Waals surface area contributed by atoms with Gasteiger partial charge < -0.3 is 14.8 Å². The molecule has 0 bridgehead atoms. The van der Waals surface area contributed by atoms with Gasteiger partial charge in [-0.1, -0.05) is 12.1 Å². The first-order chi connectivity index (χ1) is 12.7. The number of nitrogens with one attached hydrogen (secondary N) is 3. The van der Waals surface area contributed by atoms with Crippen molar-refractivity contribution >= 4 is 11.6 Å². The number of hydrazine groups is 1. The van der Waals surface area contributed by atoms with Crippen LogP contribution in [0.3, 0.4) is 0 Å². The quantitative estimate of drug-likeness (QED) is 0.787. The SMILES string of the molecule is O=C(Nc1ccc2c(c1)OCCCO2)C1CNNC1c1ccc(F)cc1. The molecule has 2 aromatic carbocycles. The number of benzene rings is 2. The van der Waals surface area contributed by atoms with E-state index < -0.39 is 0 Å². The van der Waals surface area contributed by atoms with Gasteiger partial charge in [-0.15, -0.1) is 0 Å². The molecule has 2 atom stereocenters. The second-order valence-corrected chi connectivity index (χ2v) is 6.36. The topological polar surface area (TPSA) is 71.6 Å². The molecule has 7 heteroatoms. The van der Waals surface area contributed by atoms with Crippen molar-refractivity contribution in [2.24, 2.45) is 5.92 Å². The van der Waals surface area contributed by atoms with Crippen molar-refractivity contribution in [3.8, 4) is 11.5 Å². The fraction of sp³-hybridized carbons (Fsp3) is 0.316. The van der Waals surface area contributed by atoms with Gasteiger partial charge in [0.1, 0.15) is 5.82 Å². The molecule has 0 spiro atoms. The van der Waals surface area contributed by atoms with Gasteiger partial charge in [-0.3, -0.25) is 10.2 Å². The van der Waals surface area contributed by atoms with Crippen molar-refractivity contribution in [2.45, 2.75) is 12.5 Å². The molecule has 0 aromatic heterocycles. The maximum absolute atomic E-state index is 13.1. The summed E-state index contributed by atoms with van der Waals surface area (Å²) in [6.07, 6.45) is 0.829. The smallest absolute Gasteiger partial charge is 0.230 e. The Labute approximate surface area is 150 Å². The van der Waals surface area contributed by atoms with Crippen LogP contribution in [0.1, 0.15) is 18.0 Å². The third-order valence-corrected chi connectivity index (χ3v) is 4.56. The predicted molar refractivity (Wildman–Crippen MR) is 94.4 cm³/mol. The molecular formula is C19H20FN3O3. The van der Waals surface area contributed by atoms with Crippen LogP contribution >= 0.6 is 0 Å². The molecule has 4 rings (SSSR count). The molecule has 26 heavy (non-hydrogen) atoms. The lowest BCUT2D eigenvalue weighted by Gasteiger charge is -2.19. The molecule has 1 amide bonds. The summed E-state index contributed by atoms with van der Waals surface area (Å²) < 4.78 is 24.4. The summed E-state index contributed by atoms with van der Waals surface area (Å²) in [5, 5.41) is 2.94. The third-order valence-electron chi connectivity index (χ3n) is 4.56. The summed E-state index contributed by atoms with van der Waals surface area (Å²) >= 11 is 0. The van der Waals surface area contributed by atoms with Crippen molar-refractivity contribution < 1.29 is 18.7 Å². The maximum atomic E-state index is 13.1. The summed E-state index contributed by atoms with van der Waals surface area (Å²) in [5.74, 6) is 0.586. The number of ether oxygens (including phenoxy) is 2. The van der Waals surface area contributed by atoms with Gasteiger partial charge in [-0.25, -0.2) is 9.82 Å². The first-order valence-corrected chi connectivity index (χ1v) is 8.65. The molecule has 1 saturated heterocycles. The summed E-state index contributed by atoms with van der Waals surface area (Å²) in [7, 11) is 0. The molecule has 2 aliphatic rings. The fourth-order valence-corrected chi connectivity index (χ4v) is 3.20. The van der Waals surface area contributed by atoms with E-state index in [9.17, 15) is 9.18 Å². The average Bonchev–Trinajstić information content (AvgIpc) is 3.02. The van der Waals surface area contributed by atoms with Crippen LogP contribution in [0.2, 0.25) is 0 Å². The molecule has 6 nitrogen and oxygen atoms in total. The first-order valence-electron chi connectivity index (χ1n) is 8.65. The largest absolute Gasteiger partial charge is 0.490 e. The Morgan fingerprint density at radius 1 is 1.08 bits per heavy atom. The number of carbonyl (C=O) groups excluding carboxylic acids is 1. The molecular weight excluding hydrogens is 337 g/mol. The number of carbonyl (C=O) groups is 1. The molecule has 0 aliphatic carbocycles. The van der Waals surface area contributed by atoms with Gasteiger partial charge in [0.2, 0.25) is 5.91 Å². The molecule has 2 heterocycles. The van der Waals surface area contributed by atoms with Crippen LogP contribution in [0.15, 0.2) is 42.5 Å². The summed E-state index contributed by atoms with van der Waals surface area (Å²) in [4.78, 5) is 12.8. The number of hydrogen-bond donors (Lipinski definition) is 3. The maximum Gasteiger partial charge on any atom is 0.230 e. The fourth-order valence-electron chi connectivity index (χ4n) is 3.20. The van der Waals surface area contributed by atoms with Gasteiger partial charge in [-0.05, 0) is 29.8 Å². The number of amides is 1. The van der Waals surface area contributed by atoms with Gasteiger partial charge >= 0.3 is 0 Å². The second kappa shape index (κ2) is 7.31. The van der Waals surface area contributed by atoms with E-state index in [2.05, 4.69) is 16.2 Å². The van der Waals surface area contributed by atoms with Crippen molar-refractivity contribution in [1.82, 2.24) is 10.9 Å². The Bertz CT molecular complexity index is 797. The number of hydrogen-bond acceptors (Lipinski definition) is 5. The van der Waals surface area contributed by atoms with Crippen LogP contribution in [-0.2, 0) is 4.79 Å². The van der Waals surface area contributed by atoms with Gasteiger partial charge in [0.15, 0.2) is 11.5 Å². The number of rotatable bonds is 3. The van der Waals surface area contributed by atoms with E-state index >= 15 is 0 Å². The van der Waals surface area contributed by atoms with Gasteiger partial charge in [-0.2, -0.15) is 0 Å². The van der Waals surface area contributed by atoms with Gasteiger partial charge in [0, 0.05) is 24.7 Å². The lowest BCUT2D eigenvalue weighted by atomic mass is 9.94. The van der Waals surface area contributed by atoms with E-state index in [0.717, 1.165) is 12.0 Å². The second-order valence-electron chi connectivity index (χ2n) is 6.36. The summed E-state index contributed by atoms with van der Waals surface area (Å²) in [6, 6.07) is 11.3. The molecule has 2 unspecified atom stereocenters. The van der Waals surface area contributed by atoms with Crippen LogP contribution in [-0.4, -0.2) is 25.7 Å². The Morgan fingerprint density at radius 3 is 2.65 bits per heavy atom. The van der Waals surface area contributed by atoms with Crippen LogP contribution in [0.4, 0.5) is 10.1 Å². The van der Waals surface area contributed by atoms with Crippen LogP contribution in [0.25, 0.3) is 0 Å². The highest BCUT2D eigenvalue weighted by Gasteiger charge is 2.34. The number of halogens is 1. The summed E-state index contributed by atoms with van der Waals surface area (Å²) in [5.41, 5.74) is 7.61. The van der Waals surface area contributed by atoms with Crippen LogP contribution in [0.5, 0.6) is 11.5 Å². The van der Waals surface area contributed by atoms with Gasteiger partial charge in [0.25, 0.3) is 0 Å². The van der Waals surface area contributed by atoms with Gasteiger partial charge in [0.05, 0.1) is 25.2 Å². The van der Waals surface area contributed by atoms with E-state index in [1.54, 1.807) is 30.3 Å². The highest BCUT2D eigenvalue weighted by atomic mass is 19.1. The zero-order valence-electron chi connectivity index (χ0n) is 14.1. The minimum Gasteiger partial charge on any atom is -0.490 e. The van der Waals surface area contributed by atoms with E-state index in [0.29, 0.717) is 36.9 Å². The van der Waals surface area contributed by atoms with Crippen LogP contribution in [0, 0.1) is 11.7 Å². The predicted octanol–water partition coefficient (Wildman–Crippen LogP) is 2.39. The number of anilines is 1. The first kappa shape index (κ1) is 16.8. The zero-order valence-corrected chi connectivity index (χ0v) is 14.1. The lowest BCUT2D eigenvalue weighted by Crippen LogP contribution is -2.29. The minimum absolute atomic E-state index is 0.119. The highest BCUT2D eigenvalue weighted by Crippen LogP contribution is 2.33. The van der Waals surface area contributed by atoms with E-state index in [1.807, 2.05) is 0 Å². The van der Waals surface area contributed by atoms with Crippen molar-refractivity contribution in [1.29, 1.82) is 0 Å². The molecule has 0 radical (unpaired) electrons. The Morgan fingerprint density at radius 2 is 1.85 bits per heavy atom. The van der Waals surface area contributed by atoms with Crippen LogP contribution < -0.4 is 25.6 Å². The van der Waals surface area contributed by atoms with E-state index in [4.69, 9.17) is 9.47 Å². The Hall–Kier alpha value is -2.64. The number of fused-ring (bicyclic) bond motifs is 1. The molecule has 2 aliphatic heterocycles. The van der Waals surface area contributed by atoms with E-state index in [-0.39, 0.29) is 23.7 Å². The Balaban J connectivity index is 1.49. The molecule has 2 aromatic rings. The monoisotopic (exact) mass is 357 g/mol. The Kier molecular flexibility index (Phi) is 4.73. The highest BCUT2D eigenvalue weighted by molar-refractivity contribution is 5.93. The third kappa shape index (κ3) is 3.49. The normalized spacial score (nSPS) is 21.9. The molecule has 0 saturated carbocycles. The molecule has 1 fully saturated rings. The molecule has 3 N–H and O–H groups in total. The lowest BCUT2D eigenvalue weighted by molar-refractivity contribution is -0.119. The van der Waals surface area contributed by atoms with Crippen molar-refractivity contribution in [3.05, 3.63) is 53.8 Å². The average molecular weight is 357 g/mol. The standard InChI is InChI=1S/C19H20FN3O3/c20-13-4-2-12(3-5-13)18-15(11-21-23-18)19(24)22-14-6-7-16-17(10-14)26-9-1-8-25-16/h2-7,10,15,18,21,23H,1,8-9,11H2,(H,22,24). The van der Waals surface area contributed by atoms with E-state index in [1.165, 1.54) is 12.1 Å². The minimum atomic E-state index is -0.323. The zero-order chi connectivity index (χ0) is 17.9. The van der Waals surface area contributed by atoms with Crippen molar-refractivity contribution in [2.75, 3.05) is 25.1 Å². The van der Waals surface area contributed by atoms with Crippen molar-refractivity contribution in [3.63, 3.8) is 0 Å². The summed E-state index contributed by atoms with van der Waals surface area (Å²) in [6.45, 7) is 1.70. The molecule has 136 valence electrons.